The quantitative estimate of drug-likeness (QED) is 0.387. The van der Waals surface area contributed by atoms with Crippen molar-refractivity contribution in [2.75, 3.05) is 7.11 Å². The summed E-state index contributed by atoms with van der Waals surface area (Å²) >= 11 is 0. The first kappa shape index (κ1) is 15.2. The molecule has 3 aromatic carbocycles. The van der Waals surface area contributed by atoms with E-state index in [1.807, 2.05) is 72.8 Å². The summed E-state index contributed by atoms with van der Waals surface area (Å²) in [5, 5.41) is 1.21. The van der Waals surface area contributed by atoms with Gasteiger partial charge in [-0.05, 0) is 47.5 Å². The molecule has 25 heavy (non-hydrogen) atoms. The van der Waals surface area contributed by atoms with Crippen LogP contribution in [0.4, 0.5) is 0 Å². The zero-order valence-corrected chi connectivity index (χ0v) is 13.7. The van der Waals surface area contributed by atoms with Gasteiger partial charge in [-0.2, -0.15) is 0 Å². The zero-order chi connectivity index (χ0) is 17.2. The minimum Gasteiger partial charge on any atom is -0.497 e. The second-order valence-electron chi connectivity index (χ2n) is 5.79. The number of hydrogen-bond donors (Lipinski definition) is 0. The van der Waals surface area contributed by atoms with E-state index in [2.05, 4.69) is 0 Å². The van der Waals surface area contributed by atoms with Gasteiger partial charge in [0.15, 0.2) is 0 Å². The number of para-hydroxylation sites is 1. The Hall–Kier alpha value is -3.33. The van der Waals surface area contributed by atoms with Crippen molar-refractivity contribution in [3.63, 3.8) is 0 Å². The molecular weight excluding hydrogens is 312 g/mol. The fourth-order valence-corrected chi connectivity index (χ4v) is 2.83. The van der Waals surface area contributed by atoms with Gasteiger partial charge in [0.25, 0.3) is 0 Å². The molecule has 4 rings (SSSR count). The second kappa shape index (κ2) is 6.29. The number of hydrogen-bond acceptors (Lipinski definition) is 3. The summed E-state index contributed by atoms with van der Waals surface area (Å²) in [6, 6.07) is 20.8. The fraction of sp³-hybridized carbons (Fsp3) is 0.0455. The van der Waals surface area contributed by atoms with E-state index in [9.17, 15) is 4.79 Å². The highest BCUT2D eigenvalue weighted by atomic mass is 16.5. The molecule has 4 aromatic rings. The molecule has 3 nitrogen and oxygen atoms in total. The van der Waals surface area contributed by atoms with Crippen molar-refractivity contribution in [2.24, 2.45) is 0 Å². The SMILES string of the molecule is COc1ccc(/C=C/c2ccc3c(=O)c4ccccc4oc3c2)cc1. The molecule has 0 amide bonds. The van der Waals surface area contributed by atoms with E-state index in [-0.39, 0.29) is 5.43 Å². The van der Waals surface area contributed by atoms with Gasteiger partial charge in [-0.15, -0.1) is 0 Å². The summed E-state index contributed by atoms with van der Waals surface area (Å²) in [6.07, 6.45) is 4.01. The molecule has 3 heteroatoms. The lowest BCUT2D eigenvalue weighted by atomic mass is 10.1. The molecule has 0 bridgehead atoms. The molecule has 0 unspecified atom stereocenters. The number of fused-ring (bicyclic) bond motifs is 2. The van der Waals surface area contributed by atoms with Crippen LogP contribution >= 0.6 is 0 Å². The molecule has 0 aliphatic rings. The molecule has 1 heterocycles. The third-order valence-electron chi connectivity index (χ3n) is 4.19. The lowest BCUT2D eigenvalue weighted by Gasteiger charge is -2.02. The molecule has 0 aliphatic heterocycles. The van der Waals surface area contributed by atoms with Gasteiger partial charge in [-0.25, -0.2) is 0 Å². The van der Waals surface area contributed by atoms with Crippen LogP contribution in [0.5, 0.6) is 5.75 Å². The highest BCUT2D eigenvalue weighted by molar-refractivity contribution is 5.90. The van der Waals surface area contributed by atoms with Gasteiger partial charge < -0.3 is 9.15 Å². The predicted molar refractivity (Wildman–Crippen MR) is 102 cm³/mol. The Kier molecular flexibility index (Phi) is 3.82. The lowest BCUT2D eigenvalue weighted by Crippen LogP contribution is -2.01. The Morgan fingerprint density at radius 2 is 1.48 bits per heavy atom. The summed E-state index contributed by atoms with van der Waals surface area (Å²) in [6.45, 7) is 0. The number of ether oxygens (including phenoxy) is 1. The Labute approximate surface area is 144 Å². The molecule has 0 spiro atoms. The number of benzene rings is 3. The van der Waals surface area contributed by atoms with Crippen molar-refractivity contribution < 1.29 is 9.15 Å². The normalized spacial score (nSPS) is 11.4. The van der Waals surface area contributed by atoms with E-state index in [4.69, 9.17) is 9.15 Å². The van der Waals surface area contributed by atoms with Crippen molar-refractivity contribution in [1.29, 1.82) is 0 Å². The standard InChI is InChI=1S/C22H16O3/c1-24-17-11-8-15(9-12-17)6-7-16-10-13-19-21(14-16)25-20-5-3-2-4-18(20)22(19)23/h2-14H,1H3/b7-6+. The molecule has 0 N–H and O–H groups in total. The average molecular weight is 328 g/mol. The maximum Gasteiger partial charge on any atom is 0.200 e. The van der Waals surface area contributed by atoms with Crippen molar-refractivity contribution in [2.45, 2.75) is 0 Å². The van der Waals surface area contributed by atoms with E-state index in [0.29, 0.717) is 21.9 Å². The Bertz CT molecular complexity index is 1140. The van der Waals surface area contributed by atoms with Gasteiger partial charge >= 0.3 is 0 Å². The van der Waals surface area contributed by atoms with Gasteiger partial charge in [0.1, 0.15) is 16.9 Å². The lowest BCUT2D eigenvalue weighted by molar-refractivity contribution is 0.415. The van der Waals surface area contributed by atoms with E-state index in [0.717, 1.165) is 16.9 Å². The first-order valence-corrected chi connectivity index (χ1v) is 8.02. The summed E-state index contributed by atoms with van der Waals surface area (Å²) in [4.78, 5) is 12.5. The number of methoxy groups -OCH3 is 1. The molecule has 0 saturated carbocycles. The summed E-state index contributed by atoms with van der Waals surface area (Å²) in [7, 11) is 1.65. The van der Waals surface area contributed by atoms with E-state index < -0.39 is 0 Å². The maximum absolute atomic E-state index is 12.5. The van der Waals surface area contributed by atoms with Crippen LogP contribution in [0.25, 0.3) is 34.1 Å². The van der Waals surface area contributed by atoms with E-state index in [1.165, 1.54) is 0 Å². The van der Waals surface area contributed by atoms with Crippen LogP contribution in [0.1, 0.15) is 11.1 Å². The summed E-state index contributed by atoms with van der Waals surface area (Å²) in [5.74, 6) is 0.830. The topological polar surface area (TPSA) is 39.4 Å². The first-order chi connectivity index (χ1) is 12.2. The molecule has 0 fully saturated rings. The second-order valence-corrected chi connectivity index (χ2v) is 5.79. The van der Waals surface area contributed by atoms with Crippen molar-refractivity contribution >= 4 is 34.1 Å². The molecule has 0 radical (unpaired) electrons. The summed E-state index contributed by atoms with van der Waals surface area (Å²) in [5.41, 5.74) is 3.25. The highest BCUT2D eigenvalue weighted by Gasteiger charge is 2.07. The van der Waals surface area contributed by atoms with E-state index in [1.54, 1.807) is 13.2 Å². The zero-order valence-electron chi connectivity index (χ0n) is 13.7. The van der Waals surface area contributed by atoms with Crippen molar-refractivity contribution in [3.8, 4) is 5.75 Å². The third-order valence-corrected chi connectivity index (χ3v) is 4.19. The van der Waals surface area contributed by atoms with Gasteiger partial charge in [0, 0.05) is 0 Å². The predicted octanol–water partition coefficient (Wildman–Crippen LogP) is 5.13. The molecule has 0 saturated heterocycles. The fourth-order valence-electron chi connectivity index (χ4n) is 2.83. The van der Waals surface area contributed by atoms with Gasteiger partial charge in [-0.3, -0.25) is 4.79 Å². The molecule has 122 valence electrons. The Morgan fingerprint density at radius 3 is 2.28 bits per heavy atom. The minimum absolute atomic E-state index is 0.00235. The van der Waals surface area contributed by atoms with Gasteiger partial charge in [-0.1, -0.05) is 42.5 Å². The van der Waals surface area contributed by atoms with Crippen molar-refractivity contribution in [3.05, 3.63) is 88.1 Å². The smallest absolute Gasteiger partial charge is 0.200 e. The Balaban J connectivity index is 1.74. The van der Waals surface area contributed by atoms with Gasteiger partial charge in [0.2, 0.25) is 5.43 Å². The van der Waals surface area contributed by atoms with Crippen LogP contribution in [0, 0.1) is 0 Å². The van der Waals surface area contributed by atoms with Gasteiger partial charge in [0.05, 0.1) is 17.9 Å². The van der Waals surface area contributed by atoms with Crippen LogP contribution in [0.3, 0.4) is 0 Å². The highest BCUT2D eigenvalue weighted by Crippen LogP contribution is 2.21. The summed E-state index contributed by atoms with van der Waals surface area (Å²) < 4.78 is 11.1. The Morgan fingerprint density at radius 1 is 0.800 bits per heavy atom. The van der Waals surface area contributed by atoms with Crippen molar-refractivity contribution in [1.82, 2.24) is 0 Å². The first-order valence-electron chi connectivity index (χ1n) is 8.02. The molecule has 0 aliphatic carbocycles. The van der Waals surface area contributed by atoms with E-state index >= 15 is 0 Å². The molecule has 1 aromatic heterocycles. The monoisotopic (exact) mass is 328 g/mol. The average Bonchev–Trinajstić information content (AvgIpc) is 2.67. The maximum atomic E-state index is 12.5. The van der Waals surface area contributed by atoms with Crippen LogP contribution < -0.4 is 10.2 Å². The minimum atomic E-state index is 0.00235. The van der Waals surface area contributed by atoms with Crippen LogP contribution in [-0.4, -0.2) is 7.11 Å². The van der Waals surface area contributed by atoms with Crippen LogP contribution in [0.2, 0.25) is 0 Å². The molecule has 0 atom stereocenters. The van der Waals surface area contributed by atoms with Crippen LogP contribution in [0.15, 0.2) is 75.9 Å². The largest absolute Gasteiger partial charge is 0.497 e. The third kappa shape index (κ3) is 2.92. The van der Waals surface area contributed by atoms with Crippen LogP contribution in [-0.2, 0) is 0 Å². The number of rotatable bonds is 3. The molecular formula is C22H16O3.